The topological polar surface area (TPSA) is 156 Å². The van der Waals surface area contributed by atoms with Gasteiger partial charge >= 0.3 is 6.09 Å². The van der Waals surface area contributed by atoms with Crippen LogP contribution in [0.3, 0.4) is 0 Å². The van der Waals surface area contributed by atoms with Crippen molar-refractivity contribution in [3.8, 4) is 0 Å². The number of alkyl carbamates (subject to hydrolysis) is 1. The average Bonchev–Trinajstić information content (AvgIpc) is 4.00. The molecule has 0 bridgehead atoms. The Kier molecular flexibility index (Phi) is 22.1. The number of fused-ring (bicyclic) bond motifs is 1. The molecule has 0 aromatic rings. The highest BCUT2D eigenvalue weighted by molar-refractivity contribution is 14.1. The molecule has 17 atom stereocenters. The van der Waals surface area contributed by atoms with E-state index in [1.165, 1.54) is 0 Å². The summed E-state index contributed by atoms with van der Waals surface area (Å²) in [5.41, 5.74) is 2.10. The molecule has 0 aliphatic carbocycles. The molecule has 6 heterocycles. The highest BCUT2D eigenvalue weighted by Crippen LogP contribution is 2.48. The van der Waals surface area contributed by atoms with Crippen LogP contribution >= 0.6 is 22.6 Å². The minimum absolute atomic E-state index is 0.0219. The Labute approximate surface area is 481 Å². The summed E-state index contributed by atoms with van der Waals surface area (Å²) in [5, 5.41) is 2.53. The minimum Gasteiger partial charge on any atom is -0.444 e. The van der Waals surface area contributed by atoms with Crippen molar-refractivity contribution in [2.45, 2.75) is 292 Å². The van der Waals surface area contributed by atoms with Gasteiger partial charge in [-0.3, -0.25) is 4.79 Å². The first-order valence-corrected chi connectivity index (χ1v) is 39.0. The molecule has 6 saturated heterocycles. The predicted octanol–water partition coefficient (Wildman–Crippen LogP) is 12.9. The number of methoxy groups -OCH3 is 1. The van der Waals surface area contributed by atoms with Gasteiger partial charge in [-0.05, 0) is 127 Å². The molecule has 5 unspecified atom stereocenters. The van der Waals surface area contributed by atoms with Crippen molar-refractivity contribution >= 4 is 65.7 Å². The minimum atomic E-state index is -2.48. The van der Waals surface area contributed by atoms with E-state index >= 15 is 0 Å². The lowest BCUT2D eigenvalue weighted by Gasteiger charge is -2.56. The molecule has 0 aromatic carbocycles. The van der Waals surface area contributed by atoms with Crippen LogP contribution in [0.4, 0.5) is 4.79 Å². The molecule has 0 saturated carbocycles. The van der Waals surface area contributed by atoms with Crippen molar-refractivity contribution in [3.63, 3.8) is 0 Å². The Hall–Kier alpha value is -1.15. The Morgan fingerprint density at radius 3 is 1.97 bits per heavy atom. The highest BCUT2D eigenvalue weighted by atomic mass is 127. The van der Waals surface area contributed by atoms with Gasteiger partial charge in [0.25, 0.3) is 0 Å². The van der Waals surface area contributed by atoms with Crippen LogP contribution in [0.25, 0.3) is 0 Å². The van der Waals surface area contributed by atoms with E-state index < -0.39 is 73.8 Å². The third-order valence-electron chi connectivity index (χ3n) is 19.3. The van der Waals surface area contributed by atoms with E-state index in [4.69, 9.17) is 46.4 Å². The molecule has 0 spiro atoms. The van der Waals surface area contributed by atoms with Gasteiger partial charge in [0.1, 0.15) is 42.6 Å². The maximum atomic E-state index is 14.9. The second-order valence-corrected chi connectivity index (χ2v) is 43.1. The van der Waals surface area contributed by atoms with Crippen LogP contribution in [0.1, 0.15) is 146 Å². The molecule has 6 aliphatic rings. The van der Waals surface area contributed by atoms with E-state index in [0.717, 1.165) is 43.1 Å². The van der Waals surface area contributed by atoms with Crippen LogP contribution < -0.4 is 5.32 Å². The number of amides is 1. The molecule has 14 nitrogen and oxygen atoms in total. The molecule has 18 heteroatoms. The van der Waals surface area contributed by atoms with Gasteiger partial charge in [0.15, 0.2) is 25.0 Å². The largest absolute Gasteiger partial charge is 0.444 e. The van der Waals surface area contributed by atoms with E-state index in [1.54, 1.807) is 7.11 Å². The Bertz CT molecular complexity index is 2070. The number of ether oxygens (including phenoxy) is 7. The van der Waals surface area contributed by atoms with E-state index in [2.05, 4.69) is 156 Å². The zero-order valence-electron chi connectivity index (χ0n) is 50.3. The Balaban J connectivity index is 1.25. The summed E-state index contributed by atoms with van der Waals surface area (Å²) in [7, 11) is -5.59. The highest BCUT2D eigenvalue weighted by Gasteiger charge is 2.58. The van der Waals surface area contributed by atoms with Gasteiger partial charge in [0.05, 0.1) is 67.6 Å². The maximum absolute atomic E-state index is 14.9. The molecule has 6 aliphatic heterocycles. The molecule has 0 aromatic heterocycles. The standard InChI is InChI=1S/C59H102INO13Si3/c1-36-29-41(22-24-45-37(2)30-40(66-45)21-20-28-62)67-48(38(36)3)34-49-44(51(65-13)50(70-49)33-43-35-61-56(64)69-43)32-39(63)31-42-23-25-46-52(68-42)54(73-76(16,17)58(7,8)9)55(74-77(18,19)59(10,11)12)53(71-46)47(26-27-60)72-75(14,15)57(4,5)6/h26-28,36,40-55H,2-3,20-25,29-35H2,1,4-19H3,(H,61,64)/b27-26+/t36-,40?,41+,42-,43+,44+,45+,46?,47?,48-,49+,50-,51-,52+,53+,54?,55?/m1/s1. The quantitative estimate of drug-likeness (QED) is 0.0447. The fraction of sp³-hybridized carbons (Fsp3) is 0.847. The zero-order valence-corrected chi connectivity index (χ0v) is 55.5. The number of hydrogen-bond donors (Lipinski definition) is 1. The summed E-state index contributed by atoms with van der Waals surface area (Å²) in [6.45, 7) is 45.7. The van der Waals surface area contributed by atoms with E-state index in [9.17, 15) is 14.4 Å². The van der Waals surface area contributed by atoms with Crippen molar-refractivity contribution in [1.82, 2.24) is 5.32 Å². The van der Waals surface area contributed by atoms with Crippen LogP contribution in [0.5, 0.6) is 0 Å². The second kappa shape index (κ2) is 26.2. The first-order chi connectivity index (χ1) is 35.7. The second-order valence-electron chi connectivity index (χ2n) is 28.1. The lowest BCUT2D eigenvalue weighted by atomic mass is 9.81. The molecule has 77 heavy (non-hydrogen) atoms. The number of rotatable bonds is 23. The van der Waals surface area contributed by atoms with Gasteiger partial charge in [-0.15, -0.1) is 0 Å². The third kappa shape index (κ3) is 16.1. The molecule has 1 N–H and O–H groups in total. The smallest absolute Gasteiger partial charge is 0.407 e. The van der Waals surface area contributed by atoms with Crippen LogP contribution in [-0.4, -0.2) is 148 Å². The van der Waals surface area contributed by atoms with Crippen LogP contribution in [-0.2, 0) is 56.0 Å². The number of aldehydes is 1. The number of hydrogen-bond acceptors (Lipinski definition) is 13. The fourth-order valence-electron chi connectivity index (χ4n) is 11.5. The third-order valence-corrected chi connectivity index (χ3v) is 33.1. The summed E-state index contributed by atoms with van der Waals surface area (Å²) in [4.78, 5) is 38.1. The SMILES string of the molecule is C=C1CC(CCC=O)O[C@H]1CC[C@H]1C[C@@H](C)C(=C)[C@@H](C[C@@H]2O[C@H](C[C@H]3CNC(=O)O3)[C@H](OC)[C@H]2CC(=O)C[C@H]2CCC3O[C@@H](C(/C=C/I)O[Si](C)(C)C(C)(C)C)C(O[Si](C)(C)C(C)(C)C)C(O[Si](C)(C)C(C)(C)C)[C@H]3O2)O1. The van der Waals surface area contributed by atoms with Gasteiger partial charge in [0.2, 0.25) is 0 Å². The summed E-state index contributed by atoms with van der Waals surface area (Å²) in [6, 6.07) is 0. The van der Waals surface area contributed by atoms with Crippen molar-refractivity contribution in [2.24, 2.45) is 11.8 Å². The summed E-state index contributed by atoms with van der Waals surface area (Å²) < 4.78 is 71.4. The summed E-state index contributed by atoms with van der Waals surface area (Å²) in [6.07, 6.45) is 4.84. The lowest BCUT2D eigenvalue weighted by molar-refractivity contribution is -0.266. The zero-order chi connectivity index (χ0) is 57.2. The molecule has 0 radical (unpaired) electrons. The number of Topliss-reactive ketones (excluding diaryl/α,β-unsaturated/α-hetero) is 1. The van der Waals surface area contributed by atoms with Crippen molar-refractivity contribution in [3.05, 3.63) is 34.5 Å². The summed E-state index contributed by atoms with van der Waals surface area (Å²) >= 11 is 2.30. The molecule has 440 valence electrons. The fourth-order valence-corrected chi connectivity index (χ4v) is 15.7. The Morgan fingerprint density at radius 2 is 1.39 bits per heavy atom. The molecular formula is C59H102INO13Si3. The van der Waals surface area contributed by atoms with Gasteiger partial charge in [-0.25, -0.2) is 4.79 Å². The first kappa shape index (κ1) is 65.0. The summed E-state index contributed by atoms with van der Waals surface area (Å²) in [5.74, 6) is -0.0153. The van der Waals surface area contributed by atoms with Gasteiger partial charge < -0.3 is 56.5 Å². The van der Waals surface area contributed by atoms with E-state index in [-0.39, 0.29) is 94.4 Å². The van der Waals surface area contributed by atoms with Crippen LogP contribution in [0.2, 0.25) is 54.4 Å². The van der Waals surface area contributed by atoms with E-state index in [0.29, 0.717) is 45.1 Å². The van der Waals surface area contributed by atoms with Crippen LogP contribution in [0.15, 0.2) is 34.5 Å². The first-order valence-electron chi connectivity index (χ1n) is 29.1. The number of cyclic esters (lactones) is 1. The van der Waals surface area contributed by atoms with Gasteiger partial charge in [-0.2, -0.15) is 0 Å². The molecular weight excluding hydrogens is 1140 g/mol. The monoisotopic (exact) mass is 1240 g/mol. The van der Waals surface area contributed by atoms with Gasteiger partial charge in [-0.1, -0.05) is 105 Å². The number of ketones is 1. The molecule has 6 rings (SSSR count). The van der Waals surface area contributed by atoms with Crippen molar-refractivity contribution in [1.29, 1.82) is 0 Å². The van der Waals surface area contributed by atoms with Crippen LogP contribution in [0, 0.1) is 11.8 Å². The van der Waals surface area contributed by atoms with E-state index in [1.807, 2.05) is 4.08 Å². The average molecular weight is 1240 g/mol. The predicted molar refractivity (Wildman–Crippen MR) is 319 cm³/mol. The van der Waals surface area contributed by atoms with Crippen molar-refractivity contribution in [2.75, 3.05) is 13.7 Å². The molecule has 6 fully saturated rings. The normalized spacial score (nSPS) is 35.3. The number of nitrogens with one attached hydrogen (secondary N) is 1. The number of carbonyl (C=O) groups is 3. The maximum Gasteiger partial charge on any atom is 0.407 e. The van der Waals surface area contributed by atoms with Crippen molar-refractivity contribution < 1.29 is 60.8 Å². The van der Waals surface area contributed by atoms with Gasteiger partial charge in [0, 0.05) is 45.1 Å². The number of carbonyl (C=O) groups excluding carboxylic acids is 3. The Morgan fingerprint density at radius 1 is 0.753 bits per heavy atom. The molecule has 1 amide bonds. The number of halogens is 1. The lowest BCUT2D eigenvalue weighted by Crippen LogP contribution is -2.69.